The van der Waals surface area contributed by atoms with Gasteiger partial charge in [0.25, 0.3) is 5.56 Å². The van der Waals surface area contributed by atoms with Crippen LogP contribution in [0.1, 0.15) is 13.3 Å². The number of hydrogen-bond acceptors (Lipinski definition) is 5. The Morgan fingerprint density at radius 3 is 2.69 bits per heavy atom. The first kappa shape index (κ1) is 19.2. The van der Waals surface area contributed by atoms with Gasteiger partial charge in [0.05, 0.1) is 12.8 Å². The molecule has 2 aromatic heterocycles. The van der Waals surface area contributed by atoms with Crippen LogP contribution in [-0.2, 0) is 9.53 Å². The fourth-order valence-electron chi connectivity index (χ4n) is 3.22. The van der Waals surface area contributed by atoms with Crippen LogP contribution in [-0.4, -0.2) is 32.9 Å². The van der Waals surface area contributed by atoms with Crippen molar-refractivity contribution in [2.24, 2.45) is 0 Å². The molecule has 0 aliphatic carbocycles. The number of methoxy groups -OCH3 is 1. The van der Waals surface area contributed by atoms with Crippen LogP contribution >= 0.6 is 11.8 Å². The maximum absolute atomic E-state index is 14.6. The third-order valence-electron chi connectivity index (χ3n) is 4.67. The van der Waals surface area contributed by atoms with E-state index in [-0.39, 0.29) is 16.4 Å². The van der Waals surface area contributed by atoms with Crippen molar-refractivity contribution in [3.63, 3.8) is 0 Å². The Morgan fingerprint density at radius 1 is 1.24 bits per heavy atom. The molecule has 0 radical (unpaired) electrons. The third-order valence-corrected chi connectivity index (χ3v) is 5.97. The Balaban J connectivity index is 2.04. The van der Waals surface area contributed by atoms with Gasteiger partial charge in [-0.05, 0) is 24.6 Å². The molecule has 2 heterocycles. The number of halogens is 1. The molecule has 0 bridgehead atoms. The highest BCUT2D eigenvalue weighted by Gasteiger charge is 2.25. The van der Waals surface area contributed by atoms with Gasteiger partial charge in [-0.25, -0.2) is 9.37 Å². The van der Waals surface area contributed by atoms with Crippen molar-refractivity contribution >= 4 is 39.7 Å². The second-order valence-corrected chi connectivity index (χ2v) is 7.59. The first-order valence-corrected chi connectivity index (χ1v) is 9.96. The van der Waals surface area contributed by atoms with Crippen molar-refractivity contribution in [3.05, 3.63) is 64.7 Å². The highest BCUT2D eigenvalue weighted by Crippen LogP contribution is 2.30. The van der Waals surface area contributed by atoms with E-state index in [1.807, 2.05) is 31.2 Å². The van der Waals surface area contributed by atoms with Crippen molar-refractivity contribution in [1.82, 2.24) is 14.5 Å². The monoisotopic (exact) mass is 411 g/mol. The Hall–Kier alpha value is -3.13. The summed E-state index contributed by atoms with van der Waals surface area (Å²) in [5.41, 5.74) is 1.17. The van der Waals surface area contributed by atoms with Gasteiger partial charge in [-0.15, -0.1) is 0 Å². The van der Waals surface area contributed by atoms with Gasteiger partial charge in [0.1, 0.15) is 22.1 Å². The molecule has 0 aliphatic heterocycles. The lowest BCUT2D eigenvalue weighted by molar-refractivity contribution is -0.140. The lowest BCUT2D eigenvalue weighted by Crippen LogP contribution is -2.25. The van der Waals surface area contributed by atoms with Gasteiger partial charge in [-0.3, -0.25) is 14.2 Å². The zero-order valence-corrected chi connectivity index (χ0v) is 16.6. The predicted octanol–water partition coefficient (Wildman–Crippen LogP) is 4.05. The molecular formula is C21H18FN3O3S. The molecule has 0 amide bonds. The van der Waals surface area contributed by atoms with E-state index in [0.29, 0.717) is 11.9 Å². The van der Waals surface area contributed by atoms with Crippen molar-refractivity contribution in [2.75, 3.05) is 7.11 Å². The summed E-state index contributed by atoms with van der Waals surface area (Å²) in [4.78, 5) is 33.3. The van der Waals surface area contributed by atoms with Gasteiger partial charge in [0.15, 0.2) is 5.16 Å². The highest BCUT2D eigenvalue weighted by molar-refractivity contribution is 8.00. The number of nitrogens with one attached hydrogen (secondary N) is 1. The molecule has 0 aliphatic rings. The van der Waals surface area contributed by atoms with Gasteiger partial charge in [-0.2, -0.15) is 0 Å². The summed E-state index contributed by atoms with van der Waals surface area (Å²) in [5, 5.41) is 0.440. The molecule has 29 heavy (non-hydrogen) atoms. The molecule has 0 fully saturated rings. The number of thioether (sulfide) groups is 1. The zero-order chi connectivity index (χ0) is 20.5. The number of fused-ring (bicyclic) bond motifs is 3. The molecule has 0 spiro atoms. The first-order chi connectivity index (χ1) is 14.0. The Morgan fingerprint density at radius 2 is 1.97 bits per heavy atom. The van der Waals surface area contributed by atoms with E-state index in [2.05, 4.69) is 9.97 Å². The number of aromatic nitrogens is 3. The SMILES string of the molecule is CC[C@H](Sc1nc2c([nH]c3ccccc32)c(=O)n1-c1ccccc1F)C(=O)OC. The summed E-state index contributed by atoms with van der Waals surface area (Å²) < 4.78 is 20.7. The van der Waals surface area contributed by atoms with E-state index in [9.17, 15) is 14.0 Å². The zero-order valence-electron chi connectivity index (χ0n) is 15.8. The summed E-state index contributed by atoms with van der Waals surface area (Å²) in [5.74, 6) is -0.981. The quantitative estimate of drug-likeness (QED) is 0.305. The molecule has 148 valence electrons. The Labute approximate surface area is 169 Å². The number of ether oxygens (including phenoxy) is 1. The molecule has 2 aromatic carbocycles. The summed E-state index contributed by atoms with van der Waals surface area (Å²) in [6.07, 6.45) is 0.469. The maximum Gasteiger partial charge on any atom is 0.319 e. The van der Waals surface area contributed by atoms with E-state index >= 15 is 0 Å². The minimum Gasteiger partial charge on any atom is -0.468 e. The molecule has 0 saturated carbocycles. The standard InChI is InChI=1S/C21H18FN3O3S/c1-3-16(20(27)28-2)29-21-24-17-12-8-4-6-10-14(12)23-18(17)19(26)25(21)15-11-7-5-9-13(15)22/h4-11,16,23H,3H2,1-2H3/t16-/m0/s1. The highest BCUT2D eigenvalue weighted by atomic mass is 32.2. The minimum absolute atomic E-state index is 0.0766. The third kappa shape index (κ3) is 3.29. The maximum atomic E-state index is 14.6. The average Bonchev–Trinajstić information content (AvgIpc) is 3.11. The van der Waals surface area contributed by atoms with Gasteiger partial charge >= 0.3 is 5.97 Å². The number of H-pyrrole nitrogens is 1. The fraction of sp³-hybridized carbons (Fsp3) is 0.190. The molecular weight excluding hydrogens is 393 g/mol. The molecule has 0 saturated heterocycles. The minimum atomic E-state index is -0.576. The van der Waals surface area contributed by atoms with E-state index in [1.165, 1.54) is 23.8 Å². The van der Waals surface area contributed by atoms with E-state index in [1.54, 1.807) is 12.1 Å². The van der Waals surface area contributed by atoms with E-state index < -0.39 is 22.6 Å². The molecule has 6 nitrogen and oxygen atoms in total. The molecule has 4 rings (SSSR count). The van der Waals surface area contributed by atoms with Gasteiger partial charge in [0.2, 0.25) is 0 Å². The molecule has 0 unspecified atom stereocenters. The number of aromatic amines is 1. The summed E-state index contributed by atoms with van der Waals surface area (Å²) in [7, 11) is 1.31. The normalized spacial score (nSPS) is 12.4. The number of carbonyl (C=O) groups is 1. The average molecular weight is 411 g/mol. The topological polar surface area (TPSA) is 77.0 Å². The van der Waals surface area contributed by atoms with Crippen LogP contribution in [0.5, 0.6) is 0 Å². The van der Waals surface area contributed by atoms with Crippen molar-refractivity contribution in [1.29, 1.82) is 0 Å². The van der Waals surface area contributed by atoms with Crippen molar-refractivity contribution in [2.45, 2.75) is 23.8 Å². The number of hydrogen-bond donors (Lipinski definition) is 1. The smallest absolute Gasteiger partial charge is 0.319 e. The Bertz CT molecular complexity index is 1280. The summed E-state index contributed by atoms with van der Waals surface area (Å²) in [6, 6.07) is 13.4. The van der Waals surface area contributed by atoms with E-state index in [0.717, 1.165) is 22.7 Å². The summed E-state index contributed by atoms with van der Waals surface area (Å²) >= 11 is 1.09. The molecule has 8 heteroatoms. The molecule has 1 atom stereocenters. The number of benzene rings is 2. The number of esters is 1. The molecule has 4 aromatic rings. The van der Waals surface area contributed by atoms with Gasteiger partial charge in [0, 0.05) is 10.9 Å². The second-order valence-electron chi connectivity index (χ2n) is 6.42. The van der Waals surface area contributed by atoms with Crippen LogP contribution in [0.15, 0.2) is 58.5 Å². The van der Waals surface area contributed by atoms with Crippen molar-refractivity contribution < 1.29 is 13.9 Å². The Kier molecular flexibility index (Phi) is 5.10. The van der Waals surface area contributed by atoms with E-state index in [4.69, 9.17) is 4.74 Å². The summed E-state index contributed by atoms with van der Waals surface area (Å²) in [6.45, 7) is 1.84. The van der Waals surface area contributed by atoms with Crippen molar-refractivity contribution in [3.8, 4) is 5.69 Å². The number of carbonyl (C=O) groups excluding carboxylic acids is 1. The number of rotatable bonds is 5. The first-order valence-electron chi connectivity index (χ1n) is 9.08. The van der Waals surface area contributed by atoms with Crippen LogP contribution in [0.3, 0.4) is 0 Å². The van der Waals surface area contributed by atoms with Gasteiger partial charge in [-0.1, -0.05) is 49.0 Å². The number of nitrogens with zero attached hydrogens (tertiary/aromatic N) is 2. The lowest BCUT2D eigenvalue weighted by atomic mass is 10.2. The van der Waals surface area contributed by atoms with Crippen LogP contribution in [0.4, 0.5) is 4.39 Å². The largest absolute Gasteiger partial charge is 0.468 e. The van der Waals surface area contributed by atoms with Crippen LogP contribution in [0.2, 0.25) is 0 Å². The van der Waals surface area contributed by atoms with Crippen LogP contribution < -0.4 is 5.56 Å². The molecule has 1 N–H and O–H groups in total. The fourth-order valence-corrected chi connectivity index (χ4v) is 4.27. The predicted molar refractivity (Wildman–Crippen MR) is 111 cm³/mol. The van der Waals surface area contributed by atoms with Crippen LogP contribution in [0.25, 0.3) is 27.6 Å². The second kappa shape index (κ2) is 7.71. The van der Waals surface area contributed by atoms with Gasteiger partial charge < -0.3 is 9.72 Å². The lowest BCUT2D eigenvalue weighted by Gasteiger charge is -2.16. The van der Waals surface area contributed by atoms with Crippen LogP contribution in [0, 0.1) is 5.82 Å². The number of para-hydroxylation sites is 2.